The lowest BCUT2D eigenvalue weighted by atomic mass is 9.33. The van der Waals surface area contributed by atoms with Crippen molar-refractivity contribution < 1.29 is 24.2 Å². The number of ether oxygens (including phenoxy) is 1. The number of aliphatic carboxylic acids is 1. The van der Waals surface area contributed by atoms with Gasteiger partial charge >= 0.3 is 11.9 Å². The van der Waals surface area contributed by atoms with Crippen LogP contribution >= 0.6 is 0 Å². The Morgan fingerprint density at radius 2 is 1.59 bits per heavy atom. The van der Waals surface area contributed by atoms with Gasteiger partial charge in [-0.15, -0.1) is 0 Å². The van der Waals surface area contributed by atoms with Crippen molar-refractivity contribution in [3.05, 3.63) is 11.6 Å². The van der Waals surface area contributed by atoms with Gasteiger partial charge in [0.25, 0.3) is 0 Å². The van der Waals surface area contributed by atoms with E-state index in [0.717, 1.165) is 64.2 Å². The van der Waals surface area contributed by atoms with E-state index < -0.39 is 5.97 Å². The fraction of sp³-hybridized carbons (Fsp3) is 0.868. The Morgan fingerprint density at radius 3 is 2.27 bits per heavy atom. The van der Waals surface area contributed by atoms with Gasteiger partial charge in [-0.2, -0.15) is 0 Å². The highest BCUT2D eigenvalue weighted by Crippen LogP contribution is 2.75. The van der Waals surface area contributed by atoms with Crippen molar-refractivity contribution >= 4 is 17.8 Å². The number of nitrogens with one attached hydrogen (secondary N) is 1. The number of hydrogen-bond acceptors (Lipinski definition) is 4. The Hall–Kier alpha value is -1.85. The molecule has 1 amide bonds. The van der Waals surface area contributed by atoms with Crippen LogP contribution in [0.25, 0.3) is 0 Å². The summed E-state index contributed by atoms with van der Waals surface area (Å²) in [5.74, 6) is 0.701. The van der Waals surface area contributed by atoms with Gasteiger partial charge in [-0.25, -0.2) is 0 Å². The number of carboxylic acids is 1. The number of esters is 1. The molecule has 0 aliphatic heterocycles. The molecule has 248 valence electrons. The van der Waals surface area contributed by atoms with Gasteiger partial charge in [0.1, 0.15) is 6.10 Å². The Morgan fingerprint density at radius 1 is 0.886 bits per heavy atom. The zero-order valence-electron chi connectivity index (χ0n) is 29.1. The summed E-state index contributed by atoms with van der Waals surface area (Å²) in [6, 6.07) is 0. The number of unbranched alkanes of at least 4 members (excludes halogenated alkanes) is 2. The summed E-state index contributed by atoms with van der Waals surface area (Å²) < 4.78 is 5.92. The van der Waals surface area contributed by atoms with Crippen LogP contribution in [0.5, 0.6) is 0 Å². The Bertz CT molecular complexity index is 1190. The smallest absolute Gasteiger partial charge is 0.303 e. The second-order valence-electron chi connectivity index (χ2n) is 17.8. The van der Waals surface area contributed by atoms with Gasteiger partial charge in [0.2, 0.25) is 5.91 Å². The number of rotatable bonds is 8. The molecule has 0 aromatic heterocycles. The van der Waals surface area contributed by atoms with Crippen molar-refractivity contribution in [1.82, 2.24) is 5.32 Å². The Labute approximate surface area is 266 Å². The average molecular weight is 612 g/mol. The minimum atomic E-state index is -0.747. The molecule has 6 heteroatoms. The molecule has 0 heterocycles. The van der Waals surface area contributed by atoms with Gasteiger partial charge < -0.3 is 15.2 Å². The second-order valence-corrected chi connectivity index (χ2v) is 17.8. The highest BCUT2D eigenvalue weighted by atomic mass is 16.5. The summed E-state index contributed by atoms with van der Waals surface area (Å²) >= 11 is 0. The van der Waals surface area contributed by atoms with Crippen LogP contribution in [0.15, 0.2) is 11.6 Å². The molecular formula is C38H61NO5. The molecule has 6 nitrogen and oxygen atoms in total. The van der Waals surface area contributed by atoms with Crippen molar-refractivity contribution in [2.45, 2.75) is 151 Å². The standard InChI is InChI=1S/C38H61NO5/c1-25(40)44-30-16-17-35(6)28(34(30,4)5)15-18-37(8)29(35)14-13-26-27-24-33(2,3)19-21-38(27,22-20-36(26,37)7)32(43)39-23-11-9-10-12-31(41)42/h13,27-30H,9-12,14-24H2,1-8H3,(H,39,43)(H,41,42)/t27?,28?,29?,30-,35-,36+,37+,38-/m0/s1. The van der Waals surface area contributed by atoms with Gasteiger partial charge in [0, 0.05) is 25.3 Å². The number of hydrogen-bond donors (Lipinski definition) is 2. The highest BCUT2D eigenvalue weighted by Gasteiger charge is 2.69. The van der Waals surface area contributed by atoms with Crippen LogP contribution in [0.1, 0.15) is 145 Å². The molecule has 0 saturated heterocycles. The maximum atomic E-state index is 14.2. The Balaban J connectivity index is 1.42. The molecule has 8 atom stereocenters. The predicted molar refractivity (Wildman–Crippen MR) is 174 cm³/mol. The molecule has 0 radical (unpaired) electrons. The predicted octanol–water partition coefficient (Wildman–Crippen LogP) is 8.48. The zero-order valence-corrected chi connectivity index (χ0v) is 29.1. The number of fused-ring (bicyclic) bond motifs is 7. The van der Waals surface area contributed by atoms with E-state index in [-0.39, 0.29) is 62.8 Å². The highest BCUT2D eigenvalue weighted by molar-refractivity contribution is 5.84. The van der Waals surface area contributed by atoms with Crippen LogP contribution < -0.4 is 5.32 Å². The summed E-state index contributed by atoms with van der Waals surface area (Å²) in [4.78, 5) is 37.1. The fourth-order valence-corrected chi connectivity index (χ4v) is 12.0. The molecular weight excluding hydrogens is 550 g/mol. The van der Waals surface area contributed by atoms with E-state index in [4.69, 9.17) is 9.84 Å². The van der Waals surface area contributed by atoms with E-state index in [1.807, 2.05) is 0 Å². The zero-order chi connectivity index (χ0) is 32.3. The monoisotopic (exact) mass is 611 g/mol. The van der Waals surface area contributed by atoms with Crippen molar-refractivity contribution in [3.63, 3.8) is 0 Å². The summed E-state index contributed by atoms with van der Waals surface area (Å²) in [6.07, 6.45) is 15.8. The molecule has 5 aliphatic carbocycles. The molecule has 2 N–H and O–H groups in total. The third-order valence-electron chi connectivity index (χ3n) is 14.7. The molecule has 0 bridgehead atoms. The second kappa shape index (κ2) is 11.4. The first-order valence-corrected chi connectivity index (χ1v) is 17.8. The van der Waals surface area contributed by atoms with E-state index in [9.17, 15) is 14.4 Å². The van der Waals surface area contributed by atoms with Gasteiger partial charge in [-0.3, -0.25) is 14.4 Å². The van der Waals surface area contributed by atoms with Gasteiger partial charge in [-0.05, 0) is 116 Å². The average Bonchev–Trinajstić information content (AvgIpc) is 2.92. The SMILES string of the molecule is CC(=O)O[C@H]1CC[C@@]2(C)C(CC[C@]3(C)C2CC=C2C4CC(C)(C)CC[C@]4(C(=O)NCCCCCC(=O)O)CC[C@]23C)C1(C)C. The van der Waals surface area contributed by atoms with Crippen LogP contribution in [-0.4, -0.2) is 35.6 Å². The lowest BCUT2D eigenvalue weighted by molar-refractivity contribution is -0.212. The van der Waals surface area contributed by atoms with E-state index in [1.165, 1.54) is 12.8 Å². The van der Waals surface area contributed by atoms with Crippen LogP contribution in [-0.2, 0) is 19.1 Å². The topological polar surface area (TPSA) is 92.7 Å². The first-order chi connectivity index (χ1) is 20.4. The number of amides is 1. The van der Waals surface area contributed by atoms with E-state index in [2.05, 4.69) is 59.9 Å². The van der Waals surface area contributed by atoms with Crippen LogP contribution in [0.2, 0.25) is 0 Å². The molecule has 0 aromatic rings. The lowest BCUT2D eigenvalue weighted by Crippen LogP contribution is -2.65. The maximum Gasteiger partial charge on any atom is 0.303 e. The first-order valence-electron chi connectivity index (χ1n) is 17.8. The van der Waals surface area contributed by atoms with Gasteiger partial charge in [0.15, 0.2) is 0 Å². The lowest BCUT2D eigenvalue weighted by Gasteiger charge is -2.71. The number of carbonyl (C=O) groups excluding carboxylic acids is 2. The number of carboxylic acid groups (broad SMARTS) is 1. The minimum absolute atomic E-state index is 0.0110. The van der Waals surface area contributed by atoms with Gasteiger partial charge in [0.05, 0.1) is 5.41 Å². The van der Waals surface area contributed by atoms with Crippen molar-refractivity contribution in [2.24, 2.45) is 50.2 Å². The molecule has 5 aliphatic rings. The summed E-state index contributed by atoms with van der Waals surface area (Å²) in [5, 5.41) is 12.3. The van der Waals surface area contributed by atoms with Crippen LogP contribution in [0.4, 0.5) is 0 Å². The third kappa shape index (κ3) is 5.26. The summed E-state index contributed by atoms with van der Waals surface area (Å²) in [7, 11) is 0. The van der Waals surface area contributed by atoms with E-state index >= 15 is 0 Å². The molecule has 5 rings (SSSR count). The van der Waals surface area contributed by atoms with Crippen LogP contribution in [0.3, 0.4) is 0 Å². The molecule has 4 saturated carbocycles. The fourth-order valence-electron chi connectivity index (χ4n) is 12.0. The molecule has 0 spiro atoms. The normalized spacial score (nSPS) is 42.0. The molecule has 3 unspecified atom stereocenters. The van der Waals surface area contributed by atoms with E-state index in [0.29, 0.717) is 24.8 Å². The van der Waals surface area contributed by atoms with E-state index in [1.54, 1.807) is 12.5 Å². The Kier molecular flexibility index (Phi) is 8.71. The van der Waals surface area contributed by atoms with Gasteiger partial charge in [-0.1, -0.05) is 66.5 Å². The molecule has 0 aromatic carbocycles. The van der Waals surface area contributed by atoms with Crippen LogP contribution in [0, 0.1) is 50.2 Å². The van der Waals surface area contributed by atoms with Crippen molar-refractivity contribution in [2.75, 3.05) is 6.54 Å². The number of allylic oxidation sites excluding steroid dienone is 2. The van der Waals surface area contributed by atoms with Crippen molar-refractivity contribution in [1.29, 1.82) is 0 Å². The number of carbonyl (C=O) groups is 3. The molecule has 44 heavy (non-hydrogen) atoms. The largest absolute Gasteiger partial charge is 0.481 e. The first kappa shape index (κ1) is 33.5. The third-order valence-corrected chi connectivity index (χ3v) is 14.7. The summed E-state index contributed by atoms with van der Waals surface area (Å²) in [6.45, 7) is 19.4. The van der Waals surface area contributed by atoms with Crippen molar-refractivity contribution in [3.8, 4) is 0 Å². The maximum absolute atomic E-state index is 14.2. The quantitative estimate of drug-likeness (QED) is 0.163. The minimum Gasteiger partial charge on any atom is -0.481 e. The summed E-state index contributed by atoms with van der Waals surface area (Å²) in [5.41, 5.74) is 1.84. The molecule has 4 fully saturated rings.